The van der Waals surface area contributed by atoms with Gasteiger partial charge in [-0.2, -0.15) is 0 Å². The summed E-state index contributed by atoms with van der Waals surface area (Å²) in [4.78, 5) is 23.8. The molecule has 0 aliphatic heterocycles. The second-order valence-electron chi connectivity index (χ2n) is 7.29. The molecule has 1 amide bonds. The van der Waals surface area contributed by atoms with Crippen molar-refractivity contribution in [2.45, 2.75) is 18.4 Å². The Bertz CT molecular complexity index is 1100. The molecule has 0 aromatic heterocycles. The van der Waals surface area contributed by atoms with Crippen LogP contribution in [-0.4, -0.2) is 23.8 Å². The molecule has 3 aromatic carbocycles. The molecule has 158 valence electrons. The van der Waals surface area contributed by atoms with Crippen LogP contribution in [0.3, 0.4) is 0 Å². The molecule has 3 aromatic rings. The summed E-state index contributed by atoms with van der Waals surface area (Å²) in [7, 11) is 0. The van der Waals surface area contributed by atoms with E-state index in [-0.39, 0.29) is 17.5 Å². The van der Waals surface area contributed by atoms with Gasteiger partial charge in [-0.25, -0.2) is 9.18 Å². The Balaban J connectivity index is 1.50. The Morgan fingerprint density at radius 1 is 1.03 bits per heavy atom. The zero-order valence-corrected chi connectivity index (χ0v) is 17.1. The Labute approximate surface area is 183 Å². The van der Waals surface area contributed by atoms with Gasteiger partial charge in [0.1, 0.15) is 12.4 Å². The van der Waals surface area contributed by atoms with Gasteiger partial charge < -0.3 is 15.2 Å². The highest BCUT2D eigenvalue weighted by Gasteiger charge is 2.29. The molecule has 0 spiro atoms. The molecule has 31 heavy (non-hydrogen) atoms. The summed E-state index contributed by atoms with van der Waals surface area (Å²) < 4.78 is 18.8. The van der Waals surface area contributed by atoms with Crippen LogP contribution in [0.5, 0.6) is 0 Å². The molecule has 0 saturated carbocycles. The number of rotatable bonds is 6. The third kappa shape index (κ3) is 4.39. The van der Waals surface area contributed by atoms with E-state index in [4.69, 9.17) is 16.3 Å². The second-order valence-corrected chi connectivity index (χ2v) is 7.69. The van der Waals surface area contributed by atoms with Crippen LogP contribution >= 0.6 is 11.6 Å². The SMILES string of the molecule is O=C(O)C[C@H](NC(=O)OCC1c2ccccc2-c2ccccc21)c1ccc(F)cc1Cl. The minimum atomic E-state index is -1.13. The fourth-order valence-corrected chi connectivity index (χ4v) is 4.28. The molecule has 0 fully saturated rings. The minimum absolute atomic E-state index is 0.0326. The largest absolute Gasteiger partial charge is 0.481 e. The van der Waals surface area contributed by atoms with Crippen LogP contribution < -0.4 is 5.32 Å². The zero-order valence-electron chi connectivity index (χ0n) is 16.3. The van der Waals surface area contributed by atoms with E-state index in [0.717, 1.165) is 34.4 Å². The molecule has 4 rings (SSSR count). The number of benzene rings is 3. The first kappa shape index (κ1) is 20.9. The van der Waals surface area contributed by atoms with Gasteiger partial charge >= 0.3 is 12.1 Å². The zero-order chi connectivity index (χ0) is 22.0. The monoisotopic (exact) mass is 439 g/mol. The molecule has 5 nitrogen and oxygen atoms in total. The predicted octanol–water partition coefficient (Wildman–Crippen LogP) is 5.53. The summed E-state index contributed by atoms with van der Waals surface area (Å²) in [6.45, 7) is 0.0940. The summed E-state index contributed by atoms with van der Waals surface area (Å²) in [5.74, 6) is -1.81. The van der Waals surface area contributed by atoms with Gasteiger partial charge in [0.15, 0.2) is 0 Å². The van der Waals surface area contributed by atoms with E-state index in [1.165, 1.54) is 6.07 Å². The summed E-state index contributed by atoms with van der Waals surface area (Å²) in [5.41, 5.74) is 4.65. The van der Waals surface area contributed by atoms with E-state index in [1.54, 1.807) is 0 Å². The van der Waals surface area contributed by atoms with E-state index in [1.807, 2.05) is 48.5 Å². The van der Waals surface area contributed by atoms with Crippen LogP contribution in [0.1, 0.15) is 35.1 Å². The fraction of sp³-hybridized carbons (Fsp3) is 0.167. The predicted molar refractivity (Wildman–Crippen MR) is 115 cm³/mol. The molecule has 0 saturated heterocycles. The number of carboxylic acid groups (broad SMARTS) is 1. The van der Waals surface area contributed by atoms with Crippen molar-refractivity contribution < 1.29 is 23.8 Å². The maximum absolute atomic E-state index is 13.4. The average molecular weight is 440 g/mol. The van der Waals surface area contributed by atoms with Crippen molar-refractivity contribution in [1.29, 1.82) is 0 Å². The van der Waals surface area contributed by atoms with Crippen LogP contribution in [0.2, 0.25) is 5.02 Å². The number of carboxylic acids is 1. The number of nitrogens with one attached hydrogen (secondary N) is 1. The molecule has 1 aliphatic rings. The van der Waals surface area contributed by atoms with Crippen LogP contribution in [0, 0.1) is 5.82 Å². The highest BCUT2D eigenvalue weighted by molar-refractivity contribution is 6.31. The van der Waals surface area contributed by atoms with Gasteiger partial charge in [-0.15, -0.1) is 0 Å². The van der Waals surface area contributed by atoms with Crippen molar-refractivity contribution in [1.82, 2.24) is 5.32 Å². The molecule has 1 atom stereocenters. The van der Waals surface area contributed by atoms with Crippen LogP contribution in [0.4, 0.5) is 9.18 Å². The lowest BCUT2D eigenvalue weighted by Gasteiger charge is -2.20. The minimum Gasteiger partial charge on any atom is -0.481 e. The molecular weight excluding hydrogens is 421 g/mol. The van der Waals surface area contributed by atoms with Gasteiger partial charge in [0, 0.05) is 10.9 Å². The number of ether oxygens (including phenoxy) is 1. The Morgan fingerprint density at radius 3 is 2.23 bits per heavy atom. The fourth-order valence-electron chi connectivity index (χ4n) is 3.98. The molecule has 1 aliphatic carbocycles. The first-order valence-electron chi connectivity index (χ1n) is 9.72. The number of halogens is 2. The molecule has 0 radical (unpaired) electrons. The summed E-state index contributed by atoms with van der Waals surface area (Å²) >= 11 is 6.06. The third-order valence-electron chi connectivity index (χ3n) is 5.35. The lowest BCUT2D eigenvalue weighted by atomic mass is 9.98. The number of fused-ring (bicyclic) bond motifs is 3. The smallest absolute Gasteiger partial charge is 0.407 e. The molecule has 7 heteroatoms. The van der Waals surface area contributed by atoms with E-state index in [9.17, 15) is 19.1 Å². The molecule has 2 N–H and O–H groups in total. The van der Waals surface area contributed by atoms with Crippen molar-refractivity contribution >= 4 is 23.7 Å². The van der Waals surface area contributed by atoms with Crippen molar-refractivity contribution in [3.8, 4) is 11.1 Å². The molecule has 0 heterocycles. The third-order valence-corrected chi connectivity index (χ3v) is 5.68. The highest BCUT2D eigenvalue weighted by atomic mass is 35.5. The van der Waals surface area contributed by atoms with Crippen LogP contribution in [-0.2, 0) is 9.53 Å². The average Bonchev–Trinajstić information content (AvgIpc) is 3.05. The van der Waals surface area contributed by atoms with Crippen molar-refractivity contribution in [3.05, 3.63) is 94.3 Å². The number of alkyl carbamates (subject to hydrolysis) is 1. The Morgan fingerprint density at radius 2 is 1.65 bits per heavy atom. The van der Waals surface area contributed by atoms with Gasteiger partial charge in [-0.1, -0.05) is 66.2 Å². The topological polar surface area (TPSA) is 75.6 Å². The van der Waals surface area contributed by atoms with Crippen LogP contribution in [0.15, 0.2) is 66.7 Å². The Kier molecular flexibility index (Phi) is 5.91. The lowest BCUT2D eigenvalue weighted by Crippen LogP contribution is -2.32. The quantitative estimate of drug-likeness (QED) is 0.529. The van der Waals surface area contributed by atoms with Gasteiger partial charge in [0.2, 0.25) is 0 Å². The van der Waals surface area contributed by atoms with Gasteiger partial charge in [-0.05, 0) is 39.9 Å². The summed E-state index contributed by atoms with van der Waals surface area (Å²) in [5, 5.41) is 11.8. The molecule has 0 unspecified atom stereocenters. The number of hydrogen-bond donors (Lipinski definition) is 2. The maximum atomic E-state index is 13.4. The molecular formula is C24H19ClFNO4. The summed E-state index contributed by atoms with van der Waals surface area (Å²) in [6, 6.07) is 18.5. The molecule has 0 bridgehead atoms. The van der Waals surface area contributed by atoms with E-state index in [0.29, 0.717) is 5.56 Å². The van der Waals surface area contributed by atoms with Gasteiger partial charge in [0.25, 0.3) is 0 Å². The van der Waals surface area contributed by atoms with Crippen molar-refractivity contribution in [2.24, 2.45) is 0 Å². The lowest BCUT2D eigenvalue weighted by molar-refractivity contribution is -0.137. The maximum Gasteiger partial charge on any atom is 0.407 e. The van der Waals surface area contributed by atoms with Crippen molar-refractivity contribution in [3.63, 3.8) is 0 Å². The van der Waals surface area contributed by atoms with E-state index in [2.05, 4.69) is 5.32 Å². The normalized spacial score (nSPS) is 13.2. The first-order valence-corrected chi connectivity index (χ1v) is 10.1. The number of carbonyl (C=O) groups excluding carboxylic acids is 1. The van der Waals surface area contributed by atoms with Gasteiger partial charge in [0.05, 0.1) is 12.5 Å². The number of aliphatic carboxylic acids is 1. The van der Waals surface area contributed by atoms with Crippen LogP contribution in [0.25, 0.3) is 11.1 Å². The first-order chi connectivity index (χ1) is 14.9. The number of amides is 1. The van der Waals surface area contributed by atoms with Crippen molar-refractivity contribution in [2.75, 3.05) is 6.61 Å². The van der Waals surface area contributed by atoms with E-state index >= 15 is 0 Å². The number of hydrogen-bond acceptors (Lipinski definition) is 3. The summed E-state index contributed by atoms with van der Waals surface area (Å²) in [6.07, 6.45) is -1.19. The Hall–Kier alpha value is -3.38. The number of carbonyl (C=O) groups is 2. The van der Waals surface area contributed by atoms with Gasteiger partial charge in [-0.3, -0.25) is 4.79 Å². The highest BCUT2D eigenvalue weighted by Crippen LogP contribution is 2.44. The standard InChI is InChI=1S/C24H19ClFNO4/c25-21-11-14(26)9-10-19(21)22(12-23(28)29)27-24(30)31-13-20-17-7-3-1-5-15(17)16-6-2-4-8-18(16)20/h1-11,20,22H,12-13H2,(H,27,30)(H,28,29)/t22-/m0/s1. The van der Waals surface area contributed by atoms with E-state index < -0.39 is 30.3 Å². The second kappa shape index (κ2) is 8.78.